The summed E-state index contributed by atoms with van der Waals surface area (Å²) in [6.45, 7) is 5.55. The molecular weight excluding hydrogens is 236 g/mol. The summed E-state index contributed by atoms with van der Waals surface area (Å²) < 4.78 is 9.83. The minimum absolute atomic E-state index is 0.0959. The second-order valence-electron chi connectivity index (χ2n) is 4.44. The minimum Gasteiger partial charge on any atom is -0.465 e. The second-order valence-corrected chi connectivity index (χ2v) is 4.44. The lowest BCUT2D eigenvalue weighted by Crippen LogP contribution is -2.36. The topological polar surface area (TPSA) is 69.7 Å². The Morgan fingerprint density at radius 2 is 1.72 bits per heavy atom. The lowest BCUT2D eigenvalue weighted by atomic mass is 9.84. The van der Waals surface area contributed by atoms with Crippen LogP contribution in [0.15, 0.2) is 0 Å². The Labute approximate surface area is 107 Å². The molecule has 2 unspecified atom stereocenters. The third-order valence-electron chi connectivity index (χ3n) is 3.38. The Balaban J connectivity index is 2.86. The third-order valence-corrected chi connectivity index (χ3v) is 3.38. The predicted octanol–water partition coefficient (Wildman–Crippen LogP) is 1.34. The van der Waals surface area contributed by atoms with Gasteiger partial charge in [0.25, 0.3) is 0 Å². The van der Waals surface area contributed by atoms with E-state index in [1.165, 1.54) is 0 Å². The first kappa shape index (κ1) is 14.7. The molecule has 2 atom stereocenters. The monoisotopic (exact) mass is 256 g/mol. The van der Waals surface area contributed by atoms with Crippen LogP contribution in [0.5, 0.6) is 0 Å². The molecule has 1 fully saturated rings. The van der Waals surface area contributed by atoms with Gasteiger partial charge in [-0.25, -0.2) is 0 Å². The third kappa shape index (κ3) is 3.09. The van der Waals surface area contributed by atoms with Crippen LogP contribution < -0.4 is 0 Å². The number of ketones is 1. The van der Waals surface area contributed by atoms with Crippen molar-refractivity contribution < 1.29 is 23.9 Å². The Hall–Kier alpha value is -1.39. The van der Waals surface area contributed by atoms with Gasteiger partial charge in [0.15, 0.2) is 5.92 Å². The zero-order valence-electron chi connectivity index (χ0n) is 11.1. The van der Waals surface area contributed by atoms with Crippen molar-refractivity contribution in [2.75, 3.05) is 13.2 Å². The number of carbonyl (C=O) groups excluding carboxylic acids is 3. The van der Waals surface area contributed by atoms with E-state index in [1.54, 1.807) is 20.8 Å². The smallest absolute Gasteiger partial charge is 0.320 e. The molecule has 1 aliphatic carbocycles. The number of hydrogen-bond acceptors (Lipinski definition) is 5. The molecule has 102 valence electrons. The summed E-state index contributed by atoms with van der Waals surface area (Å²) in [5.41, 5.74) is 0. The average Bonchev–Trinajstić information content (AvgIpc) is 2.62. The first-order valence-corrected chi connectivity index (χ1v) is 6.38. The highest BCUT2D eigenvalue weighted by molar-refractivity contribution is 5.97. The van der Waals surface area contributed by atoms with Crippen LogP contribution >= 0.6 is 0 Å². The standard InChI is InChI=1S/C13H20O5/c1-4-17-12(15)11(13(16)18-5-2)9-6-7-10(14)8(9)3/h8-9,11H,4-7H2,1-3H3. The summed E-state index contributed by atoms with van der Waals surface area (Å²) in [7, 11) is 0. The molecule has 0 heterocycles. The summed E-state index contributed by atoms with van der Waals surface area (Å²) in [6, 6.07) is 0. The van der Waals surface area contributed by atoms with E-state index in [-0.39, 0.29) is 30.8 Å². The van der Waals surface area contributed by atoms with Crippen molar-refractivity contribution in [3.05, 3.63) is 0 Å². The van der Waals surface area contributed by atoms with Crippen LogP contribution in [0.2, 0.25) is 0 Å². The van der Waals surface area contributed by atoms with Crippen molar-refractivity contribution in [1.82, 2.24) is 0 Å². The first-order valence-electron chi connectivity index (χ1n) is 6.38. The molecule has 0 aromatic carbocycles. The molecule has 1 rings (SSSR count). The van der Waals surface area contributed by atoms with Crippen LogP contribution in [0.4, 0.5) is 0 Å². The average molecular weight is 256 g/mol. The highest BCUT2D eigenvalue weighted by Gasteiger charge is 2.45. The van der Waals surface area contributed by atoms with Gasteiger partial charge in [-0.15, -0.1) is 0 Å². The zero-order chi connectivity index (χ0) is 13.7. The molecule has 0 aliphatic heterocycles. The van der Waals surface area contributed by atoms with Crippen molar-refractivity contribution in [3.8, 4) is 0 Å². The van der Waals surface area contributed by atoms with Gasteiger partial charge >= 0.3 is 11.9 Å². The molecule has 0 N–H and O–H groups in total. The van der Waals surface area contributed by atoms with Gasteiger partial charge in [-0.05, 0) is 26.2 Å². The van der Waals surface area contributed by atoms with E-state index in [9.17, 15) is 14.4 Å². The number of hydrogen-bond donors (Lipinski definition) is 0. The zero-order valence-corrected chi connectivity index (χ0v) is 11.1. The van der Waals surface area contributed by atoms with Gasteiger partial charge in [0.1, 0.15) is 5.78 Å². The fraction of sp³-hybridized carbons (Fsp3) is 0.769. The molecular formula is C13H20O5. The Bertz CT molecular complexity index is 318. The molecule has 0 bridgehead atoms. The SMILES string of the molecule is CCOC(=O)C(C(=O)OCC)C1CCC(=O)C1C. The summed E-state index contributed by atoms with van der Waals surface area (Å²) in [5, 5.41) is 0. The Kier molecular flexibility index (Phi) is 5.31. The van der Waals surface area contributed by atoms with Gasteiger partial charge in [-0.3, -0.25) is 14.4 Å². The molecule has 0 spiro atoms. The van der Waals surface area contributed by atoms with E-state index in [0.717, 1.165) is 0 Å². The van der Waals surface area contributed by atoms with Crippen molar-refractivity contribution in [1.29, 1.82) is 0 Å². The second kappa shape index (κ2) is 6.52. The van der Waals surface area contributed by atoms with E-state index in [4.69, 9.17) is 9.47 Å². The van der Waals surface area contributed by atoms with Crippen LogP contribution in [0.3, 0.4) is 0 Å². The van der Waals surface area contributed by atoms with Gasteiger partial charge in [-0.1, -0.05) is 6.92 Å². The summed E-state index contributed by atoms with van der Waals surface area (Å²) in [4.78, 5) is 35.3. The molecule has 0 radical (unpaired) electrons. The molecule has 1 saturated carbocycles. The number of Topliss-reactive ketones (excluding diaryl/α,β-unsaturated/α-hetero) is 1. The van der Waals surface area contributed by atoms with Gasteiger partial charge < -0.3 is 9.47 Å². The van der Waals surface area contributed by atoms with Crippen LogP contribution in [0, 0.1) is 17.8 Å². The first-order chi connectivity index (χ1) is 8.52. The maximum Gasteiger partial charge on any atom is 0.320 e. The lowest BCUT2D eigenvalue weighted by Gasteiger charge is -2.22. The highest BCUT2D eigenvalue weighted by atomic mass is 16.6. The normalized spacial score (nSPS) is 23.2. The van der Waals surface area contributed by atoms with Crippen LogP contribution in [0.1, 0.15) is 33.6 Å². The molecule has 18 heavy (non-hydrogen) atoms. The number of ether oxygens (including phenoxy) is 2. The van der Waals surface area contributed by atoms with E-state index in [2.05, 4.69) is 0 Å². The summed E-state index contributed by atoms with van der Waals surface area (Å²) >= 11 is 0. The van der Waals surface area contributed by atoms with Crippen LogP contribution in [-0.2, 0) is 23.9 Å². The molecule has 0 saturated heterocycles. The quantitative estimate of drug-likeness (QED) is 0.548. The van der Waals surface area contributed by atoms with E-state index in [1.807, 2.05) is 0 Å². The van der Waals surface area contributed by atoms with E-state index < -0.39 is 17.9 Å². The summed E-state index contributed by atoms with van der Waals surface area (Å²) in [6.07, 6.45) is 0.962. The van der Waals surface area contributed by atoms with Crippen molar-refractivity contribution in [2.45, 2.75) is 33.6 Å². The van der Waals surface area contributed by atoms with Gasteiger partial charge in [0.05, 0.1) is 13.2 Å². The Morgan fingerprint density at radius 1 is 1.22 bits per heavy atom. The van der Waals surface area contributed by atoms with Crippen LogP contribution in [-0.4, -0.2) is 30.9 Å². The lowest BCUT2D eigenvalue weighted by molar-refractivity contribution is -0.165. The number of carbonyl (C=O) groups is 3. The van der Waals surface area contributed by atoms with Crippen molar-refractivity contribution in [2.24, 2.45) is 17.8 Å². The van der Waals surface area contributed by atoms with Gasteiger partial charge in [0.2, 0.25) is 0 Å². The molecule has 1 aliphatic rings. The molecule has 0 aromatic heterocycles. The van der Waals surface area contributed by atoms with Crippen LogP contribution in [0.25, 0.3) is 0 Å². The fourth-order valence-corrected chi connectivity index (χ4v) is 2.39. The highest BCUT2D eigenvalue weighted by Crippen LogP contribution is 2.35. The molecule has 5 heteroatoms. The van der Waals surface area contributed by atoms with Crippen molar-refractivity contribution in [3.63, 3.8) is 0 Å². The molecule has 0 aromatic rings. The van der Waals surface area contributed by atoms with Gasteiger partial charge in [0, 0.05) is 12.3 Å². The summed E-state index contributed by atoms with van der Waals surface area (Å²) in [5.74, 6) is -2.62. The maximum atomic E-state index is 11.9. The fourth-order valence-electron chi connectivity index (χ4n) is 2.39. The van der Waals surface area contributed by atoms with E-state index in [0.29, 0.717) is 12.8 Å². The molecule has 5 nitrogen and oxygen atoms in total. The minimum atomic E-state index is -0.966. The maximum absolute atomic E-state index is 11.9. The Morgan fingerprint density at radius 3 is 2.06 bits per heavy atom. The van der Waals surface area contributed by atoms with Crippen molar-refractivity contribution >= 4 is 17.7 Å². The predicted molar refractivity (Wildman–Crippen MR) is 63.7 cm³/mol. The number of esters is 2. The van der Waals surface area contributed by atoms with E-state index >= 15 is 0 Å². The number of rotatable bonds is 5. The molecule has 0 amide bonds. The van der Waals surface area contributed by atoms with Gasteiger partial charge in [-0.2, -0.15) is 0 Å². The largest absolute Gasteiger partial charge is 0.465 e.